The smallest absolute Gasteiger partial charge is 0.251 e. The number of halogens is 1. The largest absolute Gasteiger partial charge is 0.378 e. The van der Waals surface area contributed by atoms with Crippen LogP contribution in [0.15, 0.2) is 42.5 Å². The van der Waals surface area contributed by atoms with Crippen molar-refractivity contribution in [3.63, 3.8) is 0 Å². The molecule has 0 aliphatic rings. The molecule has 21 heavy (non-hydrogen) atoms. The monoisotopic (exact) mass is 302 g/mol. The molecule has 1 unspecified atom stereocenters. The molecule has 0 heterocycles. The molecule has 4 heteroatoms. The fourth-order valence-electron chi connectivity index (χ4n) is 2.13. The maximum atomic E-state index is 11.7. The topological polar surface area (TPSA) is 41.1 Å². The number of hydrogen-bond acceptors (Lipinski definition) is 2. The van der Waals surface area contributed by atoms with Gasteiger partial charge in [-0.25, -0.2) is 0 Å². The van der Waals surface area contributed by atoms with E-state index >= 15 is 0 Å². The molecule has 0 saturated heterocycles. The van der Waals surface area contributed by atoms with Crippen LogP contribution in [0.3, 0.4) is 0 Å². The Bertz CT molecular complexity index is 638. The summed E-state index contributed by atoms with van der Waals surface area (Å²) >= 11 is 5.91. The van der Waals surface area contributed by atoms with Crippen molar-refractivity contribution < 1.29 is 4.79 Å². The zero-order valence-corrected chi connectivity index (χ0v) is 13.2. The first-order valence-electron chi connectivity index (χ1n) is 6.86. The lowest BCUT2D eigenvalue weighted by molar-refractivity contribution is 0.0963. The number of amides is 1. The van der Waals surface area contributed by atoms with E-state index in [2.05, 4.69) is 17.6 Å². The van der Waals surface area contributed by atoms with Crippen molar-refractivity contribution in [3.8, 4) is 0 Å². The quantitative estimate of drug-likeness (QED) is 0.889. The highest BCUT2D eigenvalue weighted by molar-refractivity contribution is 6.30. The number of benzene rings is 2. The Hall–Kier alpha value is -2.00. The van der Waals surface area contributed by atoms with Gasteiger partial charge in [-0.15, -0.1) is 0 Å². The molecular weight excluding hydrogens is 284 g/mol. The van der Waals surface area contributed by atoms with Crippen LogP contribution in [-0.2, 0) is 0 Å². The maximum Gasteiger partial charge on any atom is 0.251 e. The van der Waals surface area contributed by atoms with Crippen molar-refractivity contribution >= 4 is 23.2 Å². The minimum absolute atomic E-state index is 0.0859. The van der Waals surface area contributed by atoms with Crippen molar-refractivity contribution in [2.45, 2.75) is 19.9 Å². The van der Waals surface area contributed by atoms with Gasteiger partial charge in [0.05, 0.1) is 0 Å². The third kappa shape index (κ3) is 3.76. The molecule has 0 aromatic heterocycles. The summed E-state index contributed by atoms with van der Waals surface area (Å²) in [5, 5.41) is 6.81. The van der Waals surface area contributed by atoms with E-state index in [9.17, 15) is 4.79 Å². The highest BCUT2D eigenvalue weighted by Gasteiger charge is 2.10. The predicted octanol–water partition coefficient (Wildman–Crippen LogP) is 4.18. The number of carbonyl (C=O) groups excluding carboxylic acids is 1. The number of rotatable bonds is 4. The van der Waals surface area contributed by atoms with Crippen LogP contribution < -0.4 is 10.6 Å². The number of nitrogens with one attached hydrogen (secondary N) is 2. The van der Waals surface area contributed by atoms with Gasteiger partial charge in [-0.3, -0.25) is 4.79 Å². The molecule has 0 fully saturated rings. The summed E-state index contributed by atoms with van der Waals surface area (Å²) in [5.74, 6) is -0.0859. The fraction of sp³-hybridized carbons (Fsp3) is 0.235. The minimum Gasteiger partial charge on any atom is -0.378 e. The first kappa shape index (κ1) is 15.4. The molecule has 0 radical (unpaired) electrons. The van der Waals surface area contributed by atoms with Gasteiger partial charge in [0.2, 0.25) is 0 Å². The lowest BCUT2D eigenvalue weighted by Crippen LogP contribution is -2.18. The van der Waals surface area contributed by atoms with Crippen LogP contribution >= 0.6 is 11.6 Å². The Balaban J connectivity index is 2.22. The summed E-state index contributed by atoms with van der Waals surface area (Å²) in [6.45, 7) is 4.10. The van der Waals surface area contributed by atoms with Crippen molar-refractivity contribution in [1.29, 1.82) is 0 Å². The highest BCUT2D eigenvalue weighted by atomic mass is 35.5. The lowest BCUT2D eigenvalue weighted by Gasteiger charge is -2.18. The molecule has 0 aliphatic heterocycles. The maximum absolute atomic E-state index is 11.7. The van der Waals surface area contributed by atoms with Crippen LogP contribution in [0.2, 0.25) is 5.02 Å². The molecule has 0 saturated carbocycles. The Morgan fingerprint density at radius 1 is 1.14 bits per heavy atom. The molecule has 1 amide bonds. The SMILES string of the molecule is CNC(=O)c1ccc(C)c(NC(C)c2ccc(Cl)cc2)c1. The molecule has 2 aromatic rings. The van der Waals surface area contributed by atoms with E-state index in [4.69, 9.17) is 11.6 Å². The molecule has 0 bridgehead atoms. The summed E-state index contributed by atoms with van der Waals surface area (Å²) < 4.78 is 0. The van der Waals surface area contributed by atoms with Crippen molar-refractivity contribution in [2.24, 2.45) is 0 Å². The van der Waals surface area contributed by atoms with Gasteiger partial charge in [0.15, 0.2) is 0 Å². The average molecular weight is 303 g/mol. The van der Waals surface area contributed by atoms with Gasteiger partial charge in [0.25, 0.3) is 5.91 Å². The fourth-order valence-corrected chi connectivity index (χ4v) is 2.26. The van der Waals surface area contributed by atoms with Gasteiger partial charge in [0.1, 0.15) is 0 Å². The van der Waals surface area contributed by atoms with Crippen LogP contribution in [0, 0.1) is 6.92 Å². The third-order valence-electron chi connectivity index (χ3n) is 3.47. The second-order valence-electron chi connectivity index (χ2n) is 5.03. The van der Waals surface area contributed by atoms with Gasteiger partial charge in [-0.2, -0.15) is 0 Å². The number of aryl methyl sites for hydroxylation is 1. The van der Waals surface area contributed by atoms with Crippen molar-refractivity contribution in [2.75, 3.05) is 12.4 Å². The van der Waals surface area contributed by atoms with Crippen molar-refractivity contribution in [1.82, 2.24) is 5.32 Å². The molecule has 2 aromatic carbocycles. The molecular formula is C17H19ClN2O. The van der Waals surface area contributed by atoms with Crippen LogP contribution in [0.5, 0.6) is 0 Å². The van der Waals surface area contributed by atoms with E-state index in [-0.39, 0.29) is 11.9 Å². The Morgan fingerprint density at radius 2 is 1.81 bits per heavy atom. The van der Waals surface area contributed by atoms with E-state index < -0.39 is 0 Å². The van der Waals surface area contributed by atoms with E-state index in [0.717, 1.165) is 21.8 Å². The van der Waals surface area contributed by atoms with Crippen LogP contribution in [0.4, 0.5) is 5.69 Å². The molecule has 2 rings (SSSR count). The summed E-state index contributed by atoms with van der Waals surface area (Å²) in [4.78, 5) is 11.7. The third-order valence-corrected chi connectivity index (χ3v) is 3.72. The van der Waals surface area contributed by atoms with Crippen LogP contribution in [0.25, 0.3) is 0 Å². The normalized spacial score (nSPS) is 11.8. The standard InChI is InChI=1S/C17H19ClN2O/c1-11-4-5-14(17(21)19-3)10-16(11)20-12(2)13-6-8-15(18)9-7-13/h4-10,12,20H,1-3H3,(H,19,21). The second kappa shape index (κ2) is 6.64. The van der Waals surface area contributed by atoms with E-state index in [0.29, 0.717) is 5.56 Å². The zero-order valence-electron chi connectivity index (χ0n) is 12.4. The summed E-state index contributed by atoms with van der Waals surface area (Å²) in [6, 6.07) is 13.5. The molecule has 0 spiro atoms. The van der Waals surface area contributed by atoms with Crippen molar-refractivity contribution in [3.05, 3.63) is 64.2 Å². The Kier molecular flexibility index (Phi) is 4.86. The van der Waals surface area contributed by atoms with Gasteiger partial charge < -0.3 is 10.6 Å². The second-order valence-corrected chi connectivity index (χ2v) is 5.46. The lowest BCUT2D eigenvalue weighted by atomic mass is 10.1. The van der Waals surface area contributed by atoms with E-state index in [1.807, 2.05) is 49.4 Å². The first-order chi connectivity index (χ1) is 10.0. The molecule has 2 N–H and O–H groups in total. The number of hydrogen-bond donors (Lipinski definition) is 2. The molecule has 0 aliphatic carbocycles. The van der Waals surface area contributed by atoms with E-state index in [1.165, 1.54) is 0 Å². The van der Waals surface area contributed by atoms with Crippen LogP contribution in [-0.4, -0.2) is 13.0 Å². The van der Waals surface area contributed by atoms with Gasteiger partial charge in [-0.1, -0.05) is 29.8 Å². The van der Waals surface area contributed by atoms with Gasteiger partial charge in [-0.05, 0) is 49.2 Å². The molecule has 110 valence electrons. The van der Waals surface area contributed by atoms with Gasteiger partial charge in [0, 0.05) is 29.4 Å². The number of anilines is 1. The predicted molar refractivity (Wildman–Crippen MR) is 88.1 cm³/mol. The first-order valence-corrected chi connectivity index (χ1v) is 7.24. The molecule has 3 nitrogen and oxygen atoms in total. The van der Waals surface area contributed by atoms with Crippen LogP contribution in [0.1, 0.15) is 34.5 Å². The zero-order chi connectivity index (χ0) is 15.4. The van der Waals surface area contributed by atoms with E-state index in [1.54, 1.807) is 7.05 Å². The Morgan fingerprint density at radius 3 is 2.43 bits per heavy atom. The number of carbonyl (C=O) groups is 1. The summed E-state index contributed by atoms with van der Waals surface area (Å²) in [5.41, 5.74) is 3.85. The molecule has 1 atom stereocenters. The minimum atomic E-state index is -0.0859. The summed E-state index contributed by atoms with van der Waals surface area (Å²) in [7, 11) is 1.63. The Labute approximate surface area is 130 Å². The average Bonchev–Trinajstić information content (AvgIpc) is 2.49. The highest BCUT2D eigenvalue weighted by Crippen LogP contribution is 2.24. The summed E-state index contributed by atoms with van der Waals surface area (Å²) in [6.07, 6.45) is 0. The van der Waals surface area contributed by atoms with Gasteiger partial charge >= 0.3 is 0 Å².